The molecule has 1 unspecified atom stereocenters. The number of carbonyl (C=O) groups excluding carboxylic acids is 1. The van der Waals surface area contributed by atoms with Gasteiger partial charge in [0.1, 0.15) is 0 Å². The molecule has 3 nitrogen and oxygen atoms in total. The van der Waals surface area contributed by atoms with Gasteiger partial charge in [-0.05, 0) is 32.4 Å². The molecule has 0 spiro atoms. The molecular weight excluding hydrogens is 164 g/mol. The maximum absolute atomic E-state index is 11.3. The highest BCUT2D eigenvalue weighted by Crippen LogP contribution is 2.06. The highest BCUT2D eigenvalue weighted by Gasteiger charge is 2.18. The molecule has 1 amide bonds. The predicted molar refractivity (Wildman–Crippen MR) is 53.5 cm³/mol. The van der Waals surface area contributed by atoms with Crippen LogP contribution in [0.1, 0.15) is 19.8 Å². The van der Waals surface area contributed by atoms with Gasteiger partial charge in [0.15, 0.2) is 0 Å². The third-order valence-corrected chi connectivity index (χ3v) is 2.47. The first kappa shape index (κ1) is 10.3. The van der Waals surface area contributed by atoms with Crippen molar-refractivity contribution in [3.05, 3.63) is 12.7 Å². The Kier molecular flexibility index (Phi) is 3.96. The molecule has 1 aliphatic rings. The van der Waals surface area contributed by atoms with Gasteiger partial charge in [-0.3, -0.25) is 4.79 Å². The van der Waals surface area contributed by atoms with Gasteiger partial charge >= 0.3 is 0 Å². The van der Waals surface area contributed by atoms with Crippen molar-refractivity contribution in [2.75, 3.05) is 19.6 Å². The van der Waals surface area contributed by atoms with Crippen LogP contribution in [0.4, 0.5) is 0 Å². The van der Waals surface area contributed by atoms with E-state index in [9.17, 15) is 4.79 Å². The minimum Gasteiger partial charge on any atom is -0.338 e. The number of rotatable bonds is 4. The molecule has 3 heteroatoms. The molecule has 0 aromatic carbocycles. The molecule has 1 atom stereocenters. The van der Waals surface area contributed by atoms with Crippen molar-refractivity contribution in [2.45, 2.75) is 25.8 Å². The first-order valence-corrected chi connectivity index (χ1v) is 4.92. The van der Waals surface area contributed by atoms with E-state index in [0.29, 0.717) is 6.04 Å². The van der Waals surface area contributed by atoms with Gasteiger partial charge in [0.2, 0.25) is 5.91 Å². The molecule has 0 bridgehead atoms. The highest BCUT2D eigenvalue weighted by atomic mass is 16.2. The molecule has 1 fully saturated rings. The third kappa shape index (κ3) is 2.84. The first-order chi connectivity index (χ1) is 6.27. The Bertz CT molecular complexity index is 185. The van der Waals surface area contributed by atoms with E-state index in [0.717, 1.165) is 19.6 Å². The van der Waals surface area contributed by atoms with Crippen LogP contribution in [-0.4, -0.2) is 36.5 Å². The van der Waals surface area contributed by atoms with Crippen LogP contribution in [0.5, 0.6) is 0 Å². The van der Waals surface area contributed by atoms with Crippen LogP contribution in [0.25, 0.3) is 0 Å². The molecule has 1 heterocycles. The Morgan fingerprint density at radius 3 is 3.00 bits per heavy atom. The Hall–Kier alpha value is -0.830. The number of hydrogen-bond acceptors (Lipinski definition) is 2. The summed E-state index contributed by atoms with van der Waals surface area (Å²) in [5.41, 5.74) is 0. The Labute approximate surface area is 79.8 Å². The summed E-state index contributed by atoms with van der Waals surface area (Å²) in [5.74, 6) is 0.0381. The van der Waals surface area contributed by atoms with Gasteiger partial charge in [-0.25, -0.2) is 0 Å². The van der Waals surface area contributed by atoms with Crippen molar-refractivity contribution < 1.29 is 4.79 Å². The zero-order chi connectivity index (χ0) is 9.68. The summed E-state index contributed by atoms with van der Waals surface area (Å²) < 4.78 is 0. The van der Waals surface area contributed by atoms with Gasteiger partial charge in [0.25, 0.3) is 0 Å². The molecule has 13 heavy (non-hydrogen) atoms. The molecule has 0 saturated carbocycles. The fourth-order valence-electron chi connectivity index (χ4n) is 1.68. The van der Waals surface area contributed by atoms with E-state index >= 15 is 0 Å². The minimum absolute atomic E-state index is 0.0381. The lowest BCUT2D eigenvalue weighted by molar-refractivity contribution is -0.126. The molecule has 0 radical (unpaired) electrons. The second-order valence-corrected chi connectivity index (χ2v) is 3.37. The normalized spacial score (nSPS) is 21.5. The molecule has 0 aliphatic carbocycles. The van der Waals surface area contributed by atoms with E-state index in [4.69, 9.17) is 0 Å². The first-order valence-electron chi connectivity index (χ1n) is 4.92. The summed E-state index contributed by atoms with van der Waals surface area (Å²) in [5, 5.41) is 3.37. The predicted octanol–water partition coefficient (Wildman–Crippen LogP) is 0.773. The van der Waals surface area contributed by atoms with E-state index in [-0.39, 0.29) is 5.91 Å². The highest BCUT2D eigenvalue weighted by molar-refractivity contribution is 5.86. The number of carbonyl (C=O) groups is 1. The van der Waals surface area contributed by atoms with Crippen LogP contribution in [0.2, 0.25) is 0 Å². The Morgan fingerprint density at radius 2 is 2.54 bits per heavy atom. The van der Waals surface area contributed by atoms with Crippen LogP contribution in [0.15, 0.2) is 12.7 Å². The lowest BCUT2D eigenvalue weighted by Crippen LogP contribution is -2.40. The third-order valence-electron chi connectivity index (χ3n) is 2.47. The minimum atomic E-state index is 0.0381. The summed E-state index contributed by atoms with van der Waals surface area (Å²) in [4.78, 5) is 13.1. The lowest BCUT2D eigenvalue weighted by Gasteiger charge is -2.22. The fourth-order valence-corrected chi connectivity index (χ4v) is 1.68. The van der Waals surface area contributed by atoms with E-state index in [1.54, 1.807) is 0 Å². The summed E-state index contributed by atoms with van der Waals surface area (Å²) in [7, 11) is 0. The monoisotopic (exact) mass is 182 g/mol. The van der Waals surface area contributed by atoms with Gasteiger partial charge in [-0.15, -0.1) is 0 Å². The van der Waals surface area contributed by atoms with E-state index in [1.807, 2.05) is 11.8 Å². The van der Waals surface area contributed by atoms with Gasteiger partial charge in [0.05, 0.1) is 0 Å². The van der Waals surface area contributed by atoms with E-state index in [2.05, 4.69) is 11.9 Å². The van der Waals surface area contributed by atoms with Crippen molar-refractivity contribution in [1.82, 2.24) is 10.2 Å². The van der Waals surface area contributed by atoms with Gasteiger partial charge in [-0.1, -0.05) is 6.58 Å². The second-order valence-electron chi connectivity index (χ2n) is 3.37. The van der Waals surface area contributed by atoms with Crippen molar-refractivity contribution in [1.29, 1.82) is 0 Å². The van der Waals surface area contributed by atoms with Crippen molar-refractivity contribution in [3.8, 4) is 0 Å². The van der Waals surface area contributed by atoms with Crippen LogP contribution in [0.3, 0.4) is 0 Å². The molecular formula is C10H18N2O. The fraction of sp³-hybridized carbons (Fsp3) is 0.700. The summed E-state index contributed by atoms with van der Waals surface area (Å²) in [6.07, 6.45) is 3.80. The number of nitrogens with zero attached hydrogens (tertiary/aromatic N) is 1. The standard InChI is InChI=1S/C10H18N2O/c1-3-10(13)12(4-2)8-9-6-5-7-11-9/h3,9,11H,1,4-8H2,2H3. The summed E-state index contributed by atoms with van der Waals surface area (Å²) in [6, 6.07) is 0.490. The van der Waals surface area contributed by atoms with Gasteiger partial charge in [0, 0.05) is 19.1 Å². The summed E-state index contributed by atoms with van der Waals surface area (Å²) in [6.45, 7) is 8.16. The Balaban J connectivity index is 2.38. The molecule has 0 aromatic rings. The number of hydrogen-bond donors (Lipinski definition) is 1. The lowest BCUT2D eigenvalue weighted by atomic mass is 10.2. The number of nitrogens with one attached hydrogen (secondary N) is 1. The molecule has 1 aliphatic heterocycles. The SMILES string of the molecule is C=CC(=O)N(CC)CC1CCCN1. The zero-order valence-electron chi connectivity index (χ0n) is 8.25. The van der Waals surface area contributed by atoms with E-state index < -0.39 is 0 Å². The average molecular weight is 182 g/mol. The maximum Gasteiger partial charge on any atom is 0.245 e. The topological polar surface area (TPSA) is 32.3 Å². The molecule has 1 saturated heterocycles. The van der Waals surface area contributed by atoms with Crippen LogP contribution < -0.4 is 5.32 Å². The maximum atomic E-state index is 11.3. The molecule has 1 N–H and O–H groups in total. The molecule has 0 aromatic heterocycles. The Morgan fingerprint density at radius 1 is 1.77 bits per heavy atom. The molecule has 1 rings (SSSR count). The smallest absolute Gasteiger partial charge is 0.245 e. The van der Waals surface area contributed by atoms with Crippen molar-refractivity contribution >= 4 is 5.91 Å². The van der Waals surface area contributed by atoms with E-state index in [1.165, 1.54) is 18.9 Å². The van der Waals surface area contributed by atoms with Crippen molar-refractivity contribution in [3.63, 3.8) is 0 Å². The largest absolute Gasteiger partial charge is 0.338 e. The van der Waals surface area contributed by atoms with Crippen LogP contribution in [-0.2, 0) is 4.79 Å². The average Bonchev–Trinajstić information content (AvgIpc) is 2.65. The second kappa shape index (κ2) is 5.02. The van der Waals surface area contributed by atoms with Gasteiger partial charge < -0.3 is 10.2 Å². The van der Waals surface area contributed by atoms with Crippen LogP contribution >= 0.6 is 0 Å². The van der Waals surface area contributed by atoms with Gasteiger partial charge in [-0.2, -0.15) is 0 Å². The number of amides is 1. The molecule has 74 valence electrons. The van der Waals surface area contributed by atoms with Crippen molar-refractivity contribution in [2.24, 2.45) is 0 Å². The quantitative estimate of drug-likeness (QED) is 0.651. The van der Waals surface area contributed by atoms with Crippen LogP contribution in [0, 0.1) is 0 Å². The zero-order valence-corrected chi connectivity index (χ0v) is 8.25. The summed E-state index contributed by atoms with van der Waals surface area (Å²) >= 11 is 0. The number of likely N-dealkylation sites (N-methyl/N-ethyl adjacent to an activating group) is 1.